The first-order chi connectivity index (χ1) is 14.0. The summed E-state index contributed by atoms with van der Waals surface area (Å²) in [5.41, 5.74) is 6.75. The number of nitrogens with two attached hydrogens (primary N) is 1. The van der Waals surface area contributed by atoms with E-state index in [1.165, 1.54) is 19.2 Å². The van der Waals surface area contributed by atoms with E-state index in [0.717, 1.165) is 5.56 Å². The number of ether oxygens (including phenoxy) is 2. The molecular formula is C21H25N3O5. The molecule has 3 rings (SSSR count). The normalized spacial score (nSPS) is 18.5. The monoisotopic (exact) mass is 399 g/mol. The molecule has 0 saturated carbocycles. The molecule has 0 bridgehead atoms. The number of hydrogen-bond acceptors (Lipinski definition) is 6. The Morgan fingerprint density at radius 2 is 1.97 bits per heavy atom. The minimum absolute atomic E-state index is 0.0141. The van der Waals surface area contributed by atoms with Crippen LogP contribution in [-0.4, -0.2) is 49.1 Å². The number of likely N-dealkylation sites (tertiary alicyclic amines) is 1. The third-order valence-electron chi connectivity index (χ3n) is 5.27. The van der Waals surface area contributed by atoms with Gasteiger partial charge in [0.15, 0.2) is 11.5 Å². The molecule has 1 heterocycles. The summed E-state index contributed by atoms with van der Waals surface area (Å²) in [4.78, 5) is 25.9. The Hall–Kier alpha value is -3.13. The smallest absolute Gasteiger partial charge is 0.286 e. The summed E-state index contributed by atoms with van der Waals surface area (Å²) in [5.74, 6) is 0.297. The SMILES string of the molecule is CCOc1cc([N+](=O)[O-])c(C(=O)N2C[C@@H](CN)[C@H](c3ccccc3)C2)cc1OC. The van der Waals surface area contributed by atoms with Crippen molar-refractivity contribution >= 4 is 11.6 Å². The topological polar surface area (TPSA) is 108 Å². The molecule has 1 saturated heterocycles. The van der Waals surface area contributed by atoms with Crippen LogP contribution in [0.4, 0.5) is 5.69 Å². The summed E-state index contributed by atoms with van der Waals surface area (Å²) in [6.07, 6.45) is 0. The van der Waals surface area contributed by atoms with E-state index < -0.39 is 10.8 Å². The average molecular weight is 399 g/mol. The van der Waals surface area contributed by atoms with Crippen LogP contribution in [0.3, 0.4) is 0 Å². The molecule has 8 heteroatoms. The number of methoxy groups -OCH3 is 1. The van der Waals surface area contributed by atoms with E-state index in [-0.39, 0.29) is 34.6 Å². The van der Waals surface area contributed by atoms with Gasteiger partial charge in [0.2, 0.25) is 0 Å². The molecule has 0 aliphatic carbocycles. The summed E-state index contributed by atoms with van der Waals surface area (Å²) < 4.78 is 10.7. The molecule has 29 heavy (non-hydrogen) atoms. The van der Waals surface area contributed by atoms with Gasteiger partial charge in [-0.15, -0.1) is 0 Å². The van der Waals surface area contributed by atoms with Gasteiger partial charge in [0.05, 0.1) is 24.7 Å². The van der Waals surface area contributed by atoms with Crippen molar-refractivity contribution in [2.75, 3.05) is 33.4 Å². The highest BCUT2D eigenvalue weighted by Crippen LogP contribution is 2.38. The standard InChI is InChI=1S/C21H25N3O5/c1-3-29-20-10-18(24(26)27)16(9-19(20)28-2)21(25)23-12-15(11-22)17(13-23)14-7-5-4-6-8-14/h4-10,15,17H,3,11-13,22H2,1-2H3/t15-,17+/m1/s1. The fourth-order valence-electron chi connectivity index (χ4n) is 3.82. The predicted molar refractivity (Wildman–Crippen MR) is 108 cm³/mol. The van der Waals surface area contributed by atoms with Crippen molar-refractivity contribution in [1.29, 1.82) is 0 Å². The van der Waals surface area contributed by atoms with Crippen molar-refractivity contribution in [3.05, 3.63) is 63.7 Å². The lowest BCUT2D eigenvalue weighted by molar-refractivity contribution is -0.385. The van der Waals surface area contributed by atoms with Crippen molar-refractivity contribution in [3.8, 4) is 11.5 Å². The Bertz CT molecular complexity index is 887. The molecule has 2 aromatic rings. The van der Waals surface area contributed by atoms with Crippen LogP contribution < -0.4 is 15.2 Å². The minimum Gasteiger partial charge on any atom is -0.493 e. The number of amides is 1. The molecule has 2 atom stereocenters. The average Bonchev–Trinajstić information content (AvgIpc) is 3.18. The van der Waals surface area contributed by atoms with Crippen LogP contribution in [-0.2, 0) is 0 Å². The molecule has 2 N–H and O–H groups in total. The number of nitro benzene ring substituents is 1. The van der Waals surface area contributed by atoms with Gasteiger partial charge in [-0.2, -0.15) is 0 Å². The fourth-order valence-corrected chi connectivity index (χ4v) is 3.82. The van der Waals surface area contributed by atoms with Gasteiger partial charge in [-0.25, -0.2) is 0 Å². The minimum atomic E-state index is -0.569. The van der Waals surface area contributed by atoms with E-state index in [4.69, 9.17) is 15.2 Å². The third kappa shape index (κ3) is 4.17. The zero-order valence-electron chi connectivity index (χ0n) is 16.5. The summed E-state index contributed by atoms with van der Waals surface area (Å²) in [7, 11) is 1.43. The molecule has 8 nitrogen and oxygen atoms in total. The zero-order valence-corrected chi connectivity index (χ0v) is 16.5. The van der Waals surface area contributed by atoms with E-state index in [1.54, 1.807) is 11.8 Å². The molecule has 1 aliphatic heterocycles. The van der Waals surface area contributed by atoms with Crippen LogP contribution in [0.25, 0.3) is 0 Å². The van der Waals surface area contributed by atoms with Crippen molar-refractivity contribution in [1.82, 2.24) is 4.90 Å². The van der Waals surface area contributed by atoms with E-state index in [0.29, 0.717) is 26.2 Å². The molecule has 0 aromatic heterocycles. The predicted octanol–water partition coefficient (Wildman–Crippen LogP) is 2.82. The van der Waals surface area contributed by atoms with Crippen molar-refractivity contribution in [2.45, 2.75) is 12.8 Å². The molecule has 1 amide bonds. The van der Waals surface area contributed by atoms with Crippen LogP contribution in [0, 0.1) is 16.0 Å². The number of nitrogens with zero attached hydrogens (tertiary/aromatic N) is 2. The van der Waals surface area contributed by atoms with Crippen LogP contribution in [0.15, 0.2) is 42.5 Å². The van der Waals surface area contributed by atoms with Crippen LogP contribution in [0.5, 0.6) is 11.5 Å². The molecule has 0 unspecified atom stereocenters. The molecule has 0 radical (unpaired) electrons. The van der Waals surface area contributed by atoms with Gasteiger partial charge in [0.25, 0.3) is 11.6 Å². The van der Waals surface area contributed by atoms with Crippen LogP contribution in [0.1, 0.15) is 28.8 Å². The maximum atomic E-state index is 13.2. The molecule has 1 fully saturated rings. The largest absolute Gasteiger partial charge is 0.493 e. The fraction of sp³-hybridized carbons (Fsp3) is 0.381. The van der Waals surface area contributed by atoms with Gasteiger partial charge < -0.3 is 20.1 Å². The third-order valence-corrected chi connectivity index (χ3v) is 5.27. The van der Waals surface area contributed by atoms with Crippen molar-refractivity contribution in [2.24, 2.45) is 11.7 Å². The Kier molecular flexibility index (Phi) is 6.33. The van der Waals surface area contributed by atoms with Crippen LogP contribution in [0.2, 0.25) is 0 Å². The first kappa shape index (κ1) is 20.6. The molecular weight excluding hydrogens is 374 g/mol. The zero-order chi connectivity index (χ0) is 21.0. The van der Waals surface area contributed by atoms with Crippen molar-refractivity contribution < 1.29 is 19.2 Å². The number of benzene rings is 2. The Labute approximate surface area is 169 Å². The molecule has 1 aliphatic rings. The van der Waals surface area contributed by atoms with E-state index >= 15 is 0 Å². The summed E-state index contributed by atoms with van der Waals surface area (Å²) in [6, 6.07) is 12.5. The quantitative estimate of drug-likeness (QED) is 0.567. The second kappa shape index (κ2) is 8.91. The Morgan fingerprint density at radius 3 is 2.55 bits per heavy atom. The van der Waals surface area contributed by atoms with Crippen molar-refractivity contribution in [3.63, 3.8) is 0 Å². The first-order valence-corrected chi connectivity index (χ1v) is 9.53. The second-order valence-electron chi connectivity index (χ2n) is 6.93. The number of carbonyl (C=O) groups is 1. The van der Waals surface area contributed by atoms with Crippen LogP contribution >= 0.6 is 0 Å². The van der Waals surface area contributed by atoms with Gasteiger partial charge in [-0.1, -0.05) is 30.3 Å². The number of carbonyl (C=O) groups excluding carboxylic acids is 1. The van der Waals surface area contributed by atoms with E-state index in [2.05, 4.69) is 0 Å². The van der Waals surface area contributed by atoms with Gasteiger partial charge in [0.1, 0.15) is 5.56 Å². The molecule has 154 valence electrons. The lowest BCUT2D eigenvalue weighted by Gasteiger charge is -2.18. The maximum Gasteiger partial charge on any atom is 0.286 e. The Morgan fingerprint density at radius 1 is 1.24 bits per heavy atom. The number of hydrogen-bond donors (Lipinski definition) is 1. The number of rotatable bonds is 7. The van der Waals surface area contributed by atoms with E-state index in [9.17, 15) is 14.9 Å². The van der Waals surface area contributed by atoms with Gasteiger partial charge in [0, 0.05) is 25.1 Å². The maximum absolute atomic E-state index is 13.2. The first-order valence-electron chi connectivity index (χ1n) is 9.53. The summed E-state index contributed by atoms with van der Waals surface area (Å²) in [6.45, 7) is 3.42. The second-order valence-corrected chi connectivity index (χ2v) is 6.93. The number of nitro groups is 1. The highest BCUT2D eigenvalue weighted by atomic mass is 16.6. The Balaban J connectivity index is 1.94. The highest BCUT2D eigenvalue weighted by Gasteiger charge is 2.38. The molecule has 0 spiro atoms. The lowest BCUT2D eigenvalue weighted by atomic mass is 9.89. The van der Waals surface area contributed by atoms with E-state index in [1.807, 2.05) is 30.3 Å². The summed E-state index contributed by atoms with van der Waals surface area (Å²) >= 11 is 0. The van der Waals surface area contributed by atoms with Gasteiger partial charge in [-0.3, -0.25) is 14.9 Å². The summed E-state index contributed by atoms with van der Waals surface area (Å²) in [5, 5.41) is 11.6. The van der Waals surface area contributed by atoms with Gasteiger partial charge >= 0.3 is 0 Å². The van der Waals surface area contributed by atoms with Gasteiger partial charge in [-0.05, 0) is 24.9 Å². The highest BCUT2D eigenvalue weighted by molar-refractivity contribution is 5.99. The molecule has 2 aromatic carbocycles. The lowest BCUT2D eigenvalue weighted by Crippen LogP contribution is -2.30.